The van der Waals surface area contributed by atoms with Crippen LogP contribution in [0.5, 0.6) is 0 Å². The number of rotatable bonds is 6. The molecule has 0 bridgehead atoms. The van der Waals surface area contributed by atoms with Gasteiger partial charge in [0.15, 0.2) is 0 Å². The Hall–Kier alpha value is -0.850. The second-order valence-electron chi connectivity index (χ2n) is 3.76. The molecular weight excluding hydrogens is 228 g/mol. The van der Waals surface area contributed by atoms with E-state index in [0.717, 1.165) is 6.42 Å². The number of hydrogen-bond donors (Lipinski definition) is 1. The minimum Gasteiger partial charge on any atom is -0.435 e. The Bertz CT molecular complexity index is 232. The summed E-state index contributed by atoms with van der Waals surface area (Å²) in [5.41, 5.74) is 0. The number of aliphatic hydroxyl groups is 1. The normalized spacial score (nSPS) is 25.6. The summed E-state index contributed by atoms with van der Waals surface area (Å²) in [6.45, 7) is 2.98. The van der Waals surface area contributed by atoms with Crippen molar-refractivity contribution in [2.75, 3.05) is 13.2 Å². The molecule has 100 valence electrons. The lowest BCUT2D eigenvalue weighted by molar-refractivity contribution is -0.279. The SMILES string of the molecule is CCOC(=O)OC1CCC(OC(O)OCC)C1. The van der Waals surface area contributed by atoms with E-state index < -0.39 is 12.6 Å². The Morgan fingerprint density at radius 2 is 2.00 bits per heavy atom. The Morgan fingerprint density at radius 1 is 1.29 bits per heavy atom. The van der Waals surface area contributed by atoms with Crippen molar-refractivity contribution in [1.82, 2.24) is 0 Å². The Kier molecular flexibility index (Phi) is 6.25. The summed E-state index contributed by atoms with van der Waals surface area (Å²) in [7, 11) is 0. The quantitative estimate of drug-likeness (QED) is 0.566. The fourth-order valence-corrected chi connectivity index (χ4v) is 1.77. The van der Waals surface area contributed by atoms with Crippen LogP contribution in [0.2, 0.25) is 0 Å². The van der Waals surface area contributed by atoms with Crippen LogP contribution < -0.4 is 0 Å². The second-order valence-corrected chi connectivity index (χ2v) is 3.76. The molecule has 1 aliphatic rings. The Balaban J connectivity index is 2.20. The van der Waals surface area contributed by atoms with Gasteiger partial charge in [0.05, 0.1) is 12.7 Å². The molecule has 0 aromatic rings. The fourth-order valence-electron chi connectivity index (χ4n) is 1.77. The van der Waals surface area contributed by atoms with Crippen LogP contribution in [0.1, 0.15) is 33.1 Å². The first-order valence-corrected chi connectivity index (χ1v) is 5.94. The number of aliphatic hydroxyl groups excluding tert-OH is 1. The minimum absolute atomic E-state index is 0.143. The van der Waals surface area contributed by atoms with E-state index in [9.17, 15) is 9.90 Å². The maximum Gasteiger partial charge on any atom is 0.508 e. The van der Waals surface area contributed by atoms with E-state index in [1.54, 1.807) is 13.8 Å². The van der Waals surface area contributed by atoms with Gasteiger partial charge in [-0.25, -0.2) is 4.79 Å². The van der Waals surface area contributed by atoms with Gasteiger partial charge < -0.3 is 24.1 Å². The van der Waals surface area contributed by atoms with Gasteiger partial charge in [0.2, 0.25) is 0 Å². The van der Waals surface area contributed by atoms with Gasteiger partial charge in [-0.05, 0) is 26.7 Å². The van der Waals surface area contributed by atoms with Gasteiger partial charge in [0.1, 0.15) is 6.10 Å². The summed E-state index contributed by atoms with van der Waals surface area (Å²) < 4.78 is 19.8. The monoisotopic (exact) mass is 248 g/mol. The van der Waals surface area contributed by atoms with Gasteiger partial charge >= 0.3 is 6.16 Å². The summed E-state index contributed by atoms with van der Waals surface area (Å²) >= 11 is 0. The van der Waals surface area contributed by atoms with Crippen LogP contribution in [0.4, 0.5) is 4.79 Å². The van der Waals surface area contributed by atoms with Gasteiger partial charge in [-0.15, -0.1) is 0 Å². The molecule has 1 rings (SSSR count). The van der Waals surface area contributed by atoms with Gasteiger partial charge in [-0.1, -0.05) is 0 Å². The highest BCUT2D eigenvalue weighted by atomic mass is 16.8. The predicted molar refractivity (Wildman–Crippen MR) is 58.3 cm³/mol. The van der Waals surface area contributed by atoms with E-state index in [0.29, 0.717) is 26.1 Å². The summed E-state index contributed by atoms with van der Waals surface area (Å²) in [5.74, 6) is 0. The van der Waals surface area contributed by atoms with Gasteiger partial charge in [0, 0.05) is 13.0 Å². The lowest BCUT2D eigenvalue weighted by atomic mass is 10.3. The van der Waals surface area contributed by atoms with Crippen LogP contribution in [0.25, 0.3) is 0 Å². The van der Waals surface area contributed by atoms with Crippen molar-refractivity contribution < 1.29 is 28.8 Å². The predicted octanol–water partition coefficient (Wildman–Crippen LogP) is 1.41. The van der Waals surface area contributed by atoms with E-state index in [1.807, 2.05) is 0 Å². The van der Waals surface area contributed by atoms with E-state index in [2.05, 4.69) is 4.74 Å². The van der Waals surface area contributed by atoms with E-state index in [1.165, 1.54) is 0 Å². The smallest absolute Gasteiger partial charge is 0.435 e. The first kappa shape index (κ1) is 14.2. The van der Waals surface area contributed by atoms with Gasteiger partial charge in [0.25, 0.3) is 6.48 Å². The fraction of sp³-hybridized carbons (Fsp3) is 0.909. The molecule has 0 saturated heterocycles. The number of ether oxygens (including phenoxy) is 4. The zero-order chi connectivity index (χ0) is 12.7. The van der Waals surface area contributed by atoms with Crippen molar-refractivity contribution in [1.29, 1.82) is 0 Å². The van der Waals surface area contributed by atoms with Gasteiger partial charge in [-0.2, -0.15) is 0 Å². The van der Waals surface area contributed by atoms with Gasteiger partial charge in [-0.3, -0.25) is 0 Å². The summed E-state index contributed by atoms with van der Waals surface area (Å²) in [5, 5.41) is 9.29. The van der Waals surface area contributed by atoms with Crippen molar-refractivity contribution in [3.63, 3.8) is 0 Å². The topological polar surface area (TPSA) is 74.2 Å². The average Bonchev–Trinajstić information content (AvgIpc) is 2.66. The molecule has 3 atom stereocenters. The molecule has 0 radical (unpaired) electrons. The number of carbonyl (C=O) groups is 1. The lowest BCUT2D eigenvalue weighted by Crippen LogP contribution is -2.24. The molecule has 0 amide bonds. The molecule has 1 saturated carbocycles. The third-order valence-electron chi connectivity index (χ3n) is 2.48. The highest BCUT2D eigenvalue weighted by Crippen LogP contribution is 2.25. The van der Waals surface area contributed by atoms with Crippen LogP contribution in [-0.4, -0.2) is 43.2 Å². The number of hydrogen-bond acceptors (Lipinski definition) is 6. The van der Waals surface area contributed by atoms with E-state index in [-0.39, 0.29) is 12.2 Å². The lowest BCUT2D eigenvalue weighted by Gasteiger charge is -2.17. The Morgan fingerprint density at radius 3 is 2.65 bits per heavy atom. The van der Waals surface area contributed by atoms with E-state index >= 15 is 0 Å². The van der Waals surface area contributed by atoms with E-state index in [4.69, 9.17) is 14.2 Å². The summed E-state index contributed by atoms with van der Waals surface area (Å²) in [6.07, 6.45) is 1.01. The van der Waals surface area contributed by atoms with Crippen LogP contribution in [0.3, 0.4) is 0 Å². The molecule has 0 aromatic heterocycles. The molecule has 3 unspecified atom stereocenters. The number of carbonyl (C=O) groups excluding carboxylic acids is 1. The molecule has 1 fully saturated rings. The summed E-state index contributed by atoms with van der Waals surface area (Å²) in [4.78, 5) is 11.1. The van der Waals surface area contributed by atoms with Crippen molar-refractivity contribution >= 4 is 6.16 Å². The molecule has 0 aromatic carbocycles. The zero-order valence-corrected chi connectivity index (χ0v) is 10.3. The zero-order valence-electron chi connectivity index (χ0n) is 10.3. The van der Waals surface area contributed by atoms with Crippen molar-refractivity contribution in [2.24, 2.45) is 0 Å². The first-order valence-electron chi connectivity index (χ1n) is 5.94. The third-order valence-corrected chi connectivity index (χ3v) is 2.48. The van der Waals surface area contributed by atoms with Crippen molar-refractivity contribution in [2.45, 2.75) is 51.8 Å². The molecular formula is C11H20O6. The highest BCUT2D eigenvalue weighted by Gasteiger charge is 2.30. The molecule has 1 N–H and O–H groups in total. The summed E-state index contributed by atoms with van der Waals surface area (Å²) in [6, 6.07) is 0. The Labute approximate surface area is 101 Å². The maximum absolute atomic E-state index is 11.1. The molecule has 0 aliphatic heterocycles. The van der Waals surface area contributed by atoms with Crippen LogP contribution in [0, 0.1) is 0 Å². The highest BCUT2D eigenvalue weighted by molar-refractivity contribution is 5.60. The molecule has 6 heteroatoms. The molecule has 0 heterocycles. The first-order chi connectivity index (χ1) is 8.15. The maximum atomic E-state index is 11.1. The van der Waals surface area contributed by atoms with Crippen molar-refractivity contribution in [3.05, 3.63) is 0 Å². The standard InChI is InChI=1S/C11H20O6/c1-3-14-10(12)16-8-5-6-9(7-8)17-11(13)15-4-2/h8-10,12H,3-7H2,1-2H3. The van der Waals surface area contributed by atoms with Crippen LogP contribution >= 0.6 is 0 Å². The molecule has 0 spiro atoms. The molecule has 1 aliphatic carbocycles. The van der Waals surface area contributed by atoms with Crippen molar-refractivity contribution in [3.8, 4) is 0 Å². The second kappa shape index (κ2) is 7.47. The third kappa shape index (κ3) is 5.34. The largest absolute Gasteiger partial charge is 0.508 e. The van der Waals surface area contributed by atoms with Crippen LogP contribution in [0.15, 0.2) is 0 Å². The van der Waals surface area contributed by atoms with Crippen LogP contribution in [-0.2, 0) is 18.9 Å². The molecule has 17 heavy (non-hydrogen) atoms. The average molecular weight is 248 g/mol. The molecule has 6 nitrogen and oxygen atoms in total. The minimum atomic E-state index is -1.20.